The Balaban J connectivity index is 1.41. The number of benzene rings is 2. The molecule has 28 heavy (non-hydrogen) atoms. The van der Waals surface area contributed by atoms with E-state index in [-0.39, 0.29) is 11.5 Å². The fourth-order valence-electron chi connectivity index (χ4n) is 2.96. The van der Waals surface area contributed by atoms with Crippen LogP contribution in [-0.2, 0) is 12.8 Å². The van der Waals surface area contributed by atoms with Gasteiger partial charge in [0.25, 0.3) is 5.91 Å². The van der Waals surface area contributed by atoms with Gasteiger partial charge in [-0.3, -0.25) is 4.79 Å². The number of hydrogen-bond acceptors (Lipinski definition) is 5. The lowest BCUT2D eigenvalue weighted by atomic mass is 10.1. The van der Waals surface area contributed by atoms with Gasteiger partial charge >= 0.3 is 5.63 Å². The SMILES string of the molecule is Cc1csc2nc(CCc3ccc(NC(=O)c4ccccc4)cc3)oc(=O)c12. The molecule has 4 rings (SSSR count). The summed E-state index contributed by atoms with van der Waals surface area (Å²) >= 11 is 1.46. The van der Waals surface area contributed by atoms with Crippen molar-refractivity contribution in [2.45, 2.75) is 19.8 Å². The highest BCUT2D eigenvalue weighted by molar-refractivity contribution is 7.16. The van der Waals surface area contributed by atoms with Crippen molar-refractivity contribution < 1.29 is 9.21 Å². The first-order chi connectivity index (χ1) is 13.6. The van der Waals surface area contributed by atoms with Crippen molar-refractivity contribution >= 4 is 33.1 Å². The van der Waals surface area contributed by atoms with Crippen molar-refractivity contribution in [2.24, 2.45) is 0 Å². The molecule has 0 fully saturated rings. The van der Waals surface area contributed by atoms with Crippen molar-refractivity contribution in [3.05, 3.63) is 93.0 Å². The number of anilines is 1. The summed E-state index contributed by atoms with van der Waals surface area (Å²) in [6.07, 6.45) is 1.23. The highest BCUT2D eigenvalue weighted by atomic mass is 32.1. The maximum Gasteiger partial charge on any atom is 0.347 e. The van der Waals surface area contributed by atoms with Crippen LogP contribution in [-0.4, -0.2) is 10.9 Å². The lowest BCUT2D eigenvalue weighted by Gasteiger charge is -2.06. The van der Waals surface area contributed by atoms with Crippen molar-refractivity contribution in [2.75, 3.05) is 5.32 Å². The topological polar surface area (TPSA) is 72.2 Å². The summed E-state index contributed by atoms with van der Waals surface area (Å²) in [5, 5.41) is 5.37. The lowest BCUT2D eigenvalue weighted by molar-refractivity contribution is 0.102. The van der Waals surface area contributed by atoms with Crippen LogP contribution in [0.3, 0.4) is 0 Å². The Kier molecular flexibility index (Phi) is 5.04. The summed E-state index contributed by atoms with van der Waals surface area (Å²) in [4.78, 5) is 29.5. The summed E-state index contributed by atoms with van der Waals surface area (Å²) in [5.74, 6) is 0.305. The molecule has 5 nitrogen and oxygen atoms in total. The third-order valence-electron chi connectivity index (χ3n) is 4.47. The highest BCUT2D eigenvalue weighted by Crippen LogP contribution is 2.21. The molecule has 0 aliphatic heterocycles. The van der Waals surface area contributed by atoms with Gasteiger partial charge in [0.15, 0.2) is 5.89 Å². The summed E-state index contributed by atoms with van der Waals surface area (Å²) in [6, 6.07) is 16.7. The molecule has 0 bridgehead atoms. The van der Waals surface area contributed by atoms with Crippen LogP contribution in [0.4, 0.5) is 5.69 Å². The second-order valence-electron chi connectivity index (χ2n) is 6.51. The zero-order valence-corrected chi connectivity index (χ0v) is 16.1. The monoisotopic (exact) mass is 390 g/mol. The van der Waals surface area contributed by atoms with Crippen LogP contribution in [0, 0.1) is 6.92 Å². The number of amides is 1. The van der Waals surface area contributed by atoms with Gasteiger partial charge in [0.2, 0.25) is 0 Å². The summed E-state index contributed by atoms with van der Waals surface area (Å²) in [6.45, 7) is 1.88. The van der Waals surface area contributed by atoms with Crippen LogP contribution in [0.1, 0.15) is 27.4 Å². The first-order valence-electron chi connectivity index (χ1n) is 8.93. The summed E-state index contributed by atoms with van der Waals surface area (Å²) in [5.41, 5.74) is 3.01. The molecule has 2 aromatic carbocycles. The molecule has 2 aromatic heterocycles. The van der Waals surface area contributed by atoms with Crippen LogP contribution in [0.2, 0.25) is 0 Å². The summed E-state index contributed by atoms with van der Waals surface area (Å²) < 4.78 is 5.36. The minimum atomic E-state index is -0.322. The first kappa shape index (κ1) is 18.1. The Morgan fingerprint density at radius 2 is 1.82 bits per heavy atom. The molecule has 0 spiro atoms. The number of aryl methyl sites for hydroxylation is 3. The highest BCUT2D eigenvalue weighted by Gasteiger charge is 2.11. The fourth-order valence-corrected chi connectivity index (χ4v) is 3.88. The zero-order chi connectivity index (χ0) is 19.5. The molecule has 0 radical (unpaired) electrons. The van der Waals surface area contributed by atoms with Crippen molar-refractivity contribution in [1.29, 1.82) is 0 Å². The molecule has 0 aliphatic carbocycles. The number of carbonyl (C=O) groups is 1. The van der Waals surface area contributed by atoms with Gasteiger partial charge < -0.3 is 9.73 Å². The van der Waals surface area contributed by atoms with E-state index < -0.39 is 0 Å². The van der Waals surface area contributed by atoms with Crippen molar-refractivity contribution in [3.63, 3.8) is 0 Å². The maximum atomic E-state index is 12.2. The molecule has 140 valence electrons. The molecule has 0 unspecified atom stereocenters. The smallest absolute Gasteiger partial charge is 0.347 e. The van der Waals surface area contributed by atoms with E-state index in [9.17, 15) is 9.59 Å². The van der Waals surface area contributed by atoms with Gasteiger partial charge in [-0.15, -0.1) is 11.3 Å². The normalized spacial score (nSPS) is 10.9. The van der Waals surface area contributed by atoms with Gasteiger partial charge in [-0.1, -0.05) is 30.3 Å². The van der Waals surface area contributed by atoms with E-state index in [1.54, 1.807) is 12.1 Å². The Morgan fingerprint density at radius 3 is 2.57 bits per heavy atom. The summed E-state index contributed by atoms with van der Waals surface area (Å²) in [7, 11) is 0. The third-order valence-corrected chi connectivity index (χ3v) is 5.46. The predicted molar refractivity (Wildman–Crippen MR) is 111 cm³/mol. The van der Waals surface area contributed by atoms with E-state index >= 15 is 0 Å². The van der Waals surface area contributed by atoms with E-state index in [0.29, 0.717) is 29.7 Å². The zero-order valence-electron chi connectivity index (χ0n) is 15.3. The predicted octanol–water partition coefficient (Wildman–Crippen LogP) is 4.60. The number of carbonyl (C=O) groups excluding carboxylic acids is 1. The van der Waals surface area contributed by atoms with E-state index in [1.165, 1.54) is 11.3 Å². The molecule has 4 aromatic rings. The number of nitrogens with one attached hydrogen (secondary N) is 1. The van der Waals surface area contributed by atoms with Crippen molar-refractivity contribution in [1.82, 2.24) is 4.98 Å². The van der Waals surface area contributed by atoms with E-state index in [4.69, 9.17) is 4.42 Å². The van der Waals surface area contributed by atoms with E-state index in [2.05, 4.69) is 10.3 Å². The second-order valence-corrected chi connectivity index (χ2v) is 7.37. The first-order valence-corrected chi connectivity index (χ1v) is 9.81. The van der Waals surface area contributed by atoms with Gasteiger partial charge in [0.05, 0.1) is 5.39 Å². The van der Waals surface area contributed by atoms with Crippen molar-refractivity contribution in [3.8, 4) is 0 Å². The molecule has 1 amide bonds. The quantitative estimate of drug-likeness (QED) is 0.541. The molecule has 0 saturated carbocycles. The molecular formula is C22H18N2O3S. The lowest BCUT2D eigenvalue weighted by Crippen LogP contribution is -2.11. The molecule has 6 heteroatoms. The number of fused-ring (bicyclic) bond motifs is 1. The van der Waals surface area contributed by atoms with Gasteiger partial charge in [-0.05, 0) is 54.1 Å². The number of rotatable bonds is 5. The van der Waals surface area contributed by atoms with Gasteiger partial charge in [-0.25, -0.2) is 9.78 Å². The Hall–Kier alpha value is -3.25. The van der Waals surface area contributed by atoms with Gasteiger partial charge in [0, 0.05) is 17.7 Å². The molecule has 0 saturated heterocycles. The van der Waals surface area contributed by atoms with Gasteiger partial charge in [-0.2, -0.15) is 0 Å². The maximum absolute atomic E-state index is 12.2. The number of thiophene rings is 1. The second kappa shape index (κ2) is 7.78. The van der Waals surface area contributed by atoms with Crippen LogP contribution in [0.25, 0.3) is 10.2 Å². The number of aromatic nitrogens is 1. The average Bonchev–Trinajstić information content (AvgIpc) is 3.09. The fraction of sp³-hybridized carbons (Fsp3) is 0.136. The Morgan fingerprint density at radius 1 is 1.07 bits per heavy atom. The standard InChI is InChI=1S/C22H18N2O3S/c1-14-13-28-21-19(14)22(26)27-18(24-21)12-9-15-7-10-17(11-8-15)23-20(25)16-5-3-2-4-6-16/h2-8,10-11,13H,9,12H2,1H3,(H,23,25). The third kappa shape index (κ3) is 3.87. The van der Waals surface area contributed by atoms with E-state index in [1.807, 2.05) is 54.8 Å². The number of nitrogens with zero attached hydrogens (tertiary/aromatic N) is 1. The largest absolute Gasteiger partial charge is 0.408 e. The minimum absolute atomic E-state index is 0.140. The molecule has 0 atom stereocenters. The van der Waals surface area contributed by atoms with Gasteiger partial charge in [0.1, 0.15) is 4.83 Å². The van der Waals surface area contributed by atoms with Crippen LogP contribution < -0.4 is 10.9 Å². The average molecular weight is 390 g/mol. The molecular weight excluding hydrogens is 372 g/mol. The van der Waals surface area contributed by atoms with Crippen LogP contribution in [0.15, 0.2) is 69.2 Å². The van der Waals surface area contributed by atoms with Crippen LogP contribution >= 0.6 is 11.3 Å². The Bertz CT molecular complexity index is 1180. The van der Waals surface area contributed by atoms with Crippen LogP contribution in [0.5, 0.6) is 0 Å². The molecule has 0 aliphatic rings. The number of hydrogen-bond donors (Lipinski definition) is 1. The minimum Gasteiger partial charge on any atom is -0.408 e. The molecule has 2 heterocycles. The van der Waals surface area contributed by atoms with E-state index in [0.717, 1.165) is 21.6 Å². The molecule has 1 N–H and O–H groups in total. The Labute approximate surface area is 165 Å².